The summed E-state index contributed by atoms with van der Waals surface area (Å²) in [5, 5.41) is 21.5. The Labute approximate surface area is 97.5 Å². The summed E-state index contributed by atoms with van der Waals surface area (Å²) in [4.78, 5) is 15.2. The highest BCUT2D eigenvalue weighted by Crippen LogP contribution is 2.21. The van der Waals surface area contributed by atoms with Gasteiger partial charge in [-0.05, 0) is 20.0 Å². The number of carbonyl (C=O) groups is 1. The van der Waals surface area contributed by atoms with E-state index >= 15 is 0 Å². The quantitative estimate of drug-likeness (QED) is 0.739. The number of nitrogens with zero attached hydrogens (tertiary/aromatic N) is 2. The van der Waals surface area contributed by atoms with Gasteiger partial charge in [0, 0.05) is 12.3 Å². The number of imidazole rings is 1. The fourth-order valence-corrected chi connectivity index (χ4v) is 1.69. The lowest BCUT2D eigenvalue weighted by Gasteiger charge is -2.08. The second kappa shape index (κ2) is 4.06. The van der Waals surface area contributed by atoms with Crippen LogP contribution in [0.4, 0.5) is 0 Å². The number of fused-ring (bicyclic) bond motifs is 1. The number of carboxylic acid groups (broad SMARTS) is 1. The van der Waals surface area contributed by atoms with Gasteiger partial charge in [0.1, 0.15) is 11.6 Å². The molecule has 6 nitrogen and oxygen atoms in total. The Balaban J connectivity index is 2.75. The summed E-state index contributed by atoms with van der Waals surface area (Å²) in [6.45, 7) is 1.88. The van der Waals surface area contributed by atoms with Crippen LogP contribution in [-0.4, -0.2) is 32.6 Å². The molecule has 1 atom stereocenters. The molecule has 0 spiro atoms. The van der Waals surface area contributed by atoms with Gasteiger partial charge >= 0.3 is 5.97 Å². The second-order valence-electron chi connectivity index (χ2n) is 3.77. The molecule has 2 aromatic rings. The molecular formula is C11H13N3O3. The zero-order valence-electron chi connectivity index (χ0n) is 9.51. The largest absolute Gasteiger partial charge is 0.508 e. The minimum absolute atomic E-state index is 0.0172. The molecule has 90 valence electrons. The van der Waals surface area contributed by atoms with Gasteiger partial charge in [-0.25, -0.2) is 9.78 Å². The molecule has 0 radical (unpaired) electrons. The molecule has 2 heterocycles. The molecule has 0 amide bonds. The molecule has 0 fully saturated rings. The number of carboxylic acids is 1. The molecular weight excluding hydrogens is 222 g/mol. The van der Waals surface area contributed by atoms with Gasteiger partial charge in [0.15, 0.2) is 5.69 Å². The Morgan fingerprint density at radius 1 is 1.59 bits per heavy atom. The minimum atomic E-state index is -1.11. The molecule has 3 N–H and O–H groups in total. The van der Waals surface area contributed by atoms with Crippen LogP contribution >= 0.6 is 0 Å². The van der Waals surface area contributed by atoms with Crippen LogP contribution in [0.25, 0.3) is 5.52 Å². The van der Waals surface area contributed by atoms with E-state index in [1.54, 1.807) is 17.6 Å². The molecule has 17 heavy (non-hydrogen) atoms. The Morgan fingerprint density at radius 3 is 2.88 bits per heavy atom. The second-order valence-corrected chi connectivity index (χ2v) is 3.77. The molecule has 0 aliphatic rings. The highest BCUT2D eigenvalue weighted by molar-refractivity contribution is 5.94. The average molecular weight is 235 g/mol. The van der Waals surface area contributed by atoms with Gasteiger partial charge < -0.3 is 19.9 Å². The van der Waals surface area contributed by atoms with Crippen molar-refractivity contribution in [2.75, 3.05) is 7.05 Å². The summed E-state index contributed by atoms with van der Waals surface area (Å²) in [5.74, 6) is -0.494. The van der Waals surface area contributed by atoms with Gasteiger partial charge in [-0.1, -0.05) is 0 Å². The topological polar surface area (TPSA) is 86.9 Å². The smallest absolute Gasteiger partial charge is 0.356 e. The number of aromatic carboxylic acids is 1. The number of pyridine rings is 1. The molecule has 0 bridgehead atoms. The maximum absolute atomic E-state index is 11.1. The van der Waals surface area contributed by atoms with Gasteiger partial charge in [0.25, 0.3) is 0 Å². The van der Waals surface area contributed by atoms with E-state index in [-0.39, 0.29) is 17.5 Å². The van der Waals surface area contributed by atoms with Crippen LogP contribution in [0.1, 0.15) is 29.3 Å². The summed E-state index contributed by atoms with van der Waals surface area (Å²) in [6.07, 6.45) is 1.60. The summed E-state index contributed by atoms with van der Waals surface area (Å²) in [6, 6.07) is 2.80. The van der Waals surface area contributed by atoms with Crippen LogP contribution in [0, 0.1) is 0 Å². The lowest BCUT2D eigenvalue weighted by atomic mass is 10.3. The van der Waals surface area contributed by atoms with E-state index in [2.05, 4.69) is 10.3 Å². The monoisotopic (exact) mass is 235 g/mol. The van der Waals surface area contributed by atoms with Crippen LogP contribution in [0.3, 0.4) is 0 Å². The van der Waals surface area contributed by atoms with Crippen LogP contribution < -0.4 is 5.32 Å². The summed E-state index contributed by atoms with van der Waals surface area (Å²) < 4.78 is 1.66. The third kappa shape index (κ3) is 1.83. The van der Waals surface area contributed by atoms with Gasteiger partial charge in [-0.3, -0.25) is 0 Å². The van der Waals surface area contributed by atoms with Crippen LogP contribution in [-0.2, 0) is 0 Å². The van der Waals surface area contributed by atoms with Crippen molar-refractivity contribution in [1.82, 2.24) is 14.7 Å². The maximum Gasteiger partial charge on any atom is 0.356 e. The predicted molar refractivity (Wildman–Crippen MR) is 61.3 cm³/mol. The number of hydrogen-bond donors (Lipinski definition) is 3. The van der Waals surface area contributed by atoms with E-state index in [1.807, 2.05) is 6.92 Å². The number of aromatic hydroxyl groups is 1. The standard InChI is InChI=1S/C11H13N3O3/c1-6(12-2)10-13-9(11(16)17)8-5-7(15)3-4-14(8)10/h3-6,12,15H,1-2H3,(H,16,17). The van der Waals surface area contributed by atoms with Crippen molar-refractivity contribution in [2.24, 2.45) is 0 Å². The van der Waals surface area contributed by atoms with Crippen molar-refractivity contribution in [2.45, 2.75) is 13.0 Å². The van der Waals surface area contributed by atoms with Gasteiger partial charge in [-0.15, -0.1) is 0 Å². The van der Waals surface area contributed by atoms with Crippen molar-refractivity contribution in [3.63, 3.8) is 0 Å². The van der Waals surface area contributed by atoms with Crippen LogP contribution in [0.5, 0.6) is 5.75 Å². The molecule has 2 aromatic heterocycles. The fraction of sp³-hybridized carbons (Fsp3) is 0.273. The first-order chi connectivity index (χ1) is 8.04. The van der Waals surface area contributed by atoms with E-state index in [4.69, 9.17) is 5.11 Å². The first kappa shape index (κ1) is 11.4. The molecule has 0 saturated carbocycles. The average Bonchev–Trinajstić information content (AvgIpc) is 2.66. The Kier molecular flexibility index (Phi) is 2.72. The Hall–Kier alpha value is -2.08. The van der Waals surface area contributed by atoms with E-state index < -0.39 is 5.97 Å². The molecule has 1 unspecified atom stereocenters. The first-order valence-electron chi connectivity index (χ1n) is 5.16. The number of aromatic nitrogens is 2. The van der Waals surface area contributed by atoms with Crippen molar-refractivity contribution in [1.29, 1.82) is 0 Å². The van der Waals surface area contributed by atoms with Crippen molar-refractivity contribution in [3.05, 3.63) is 29.8 Å². The van der Waals surface area contributed by atoms with Gasteiger partial charge in [0.2, 0.25) is 0 Å². The minimum Gasteiger partial charge on any atom is -0.508 e. The molecule has 2 rings (SSSR count). The number of rotatable bonds is 3. The summed E-state index contributed by atoms with van der Waals surface area (Å²) >= 11 is 0. The van der Waals surface area contributed by atoms with E-state index in [0.29, 0.717) is 11.3 Å². The molecule has 6 heteroatoms. The third-order valence-corrected chi connectivity index (χ3v) is 2.68. The normalized spacial score (nSPS) is 12.8. The lowest BCUT2D eigenvalue weighted by molar-refractivity contribution is 0.0693. The van der Waals surface area contributed by atoms with Gasteiger partial charge in [0.05, 0.1) is 11.6 Å². The first-order valence-corrected chi connectivity index (χ1v) is 5.16. The molecule has 0 saturated heterocycles. The predicted octanol–water partition coefficient (Wildman–Crippen LogP) is 1.02. The number of nitrogens with one attached hydrogen (secondary N) is 1. The molecule has 0 aromatic carbocycles. The Morgan fingerprint density at radius 2 is 2.29 bits per heavy atom. The maximum atomic E-state index is 11.1. The summed E-state index contributed by atoms with van der Waals surface area (Å²) in [5.41, 5.74) is 0.326. The van der Waals surface area contributed by atoms with E-state index in [9.17, 15) is 9.90 Å². The highest BCUT2D eigenvalue weighted by Gasteiger charge is 2.19. The van der Waals surface area contributed by atoms with Crippen molar-refractivity contribution < 1.29 is 15.0 Å². The van der Waals surface area contributed by atoms with Crippen LogP contribution in [0.2, 0.25) is 0 Å². The van der Waals surface area contributed by atoms with Gasteiger partial charge in [-0.2, -0.15) is 0 Å². The molecule has 0 aliphatic heterocycles. The lowest BCUT2D eigenvalue weighted by Crippen LogP contribution is -2.15. The molecule has 0 aliphatic carbocycles. The summed E-state index contributed by atoms with van der Waals surface area (Å²) in [7, 11) is 1.77. The van der Waals surface area contributed by atoms with E-state index in [0.717, 1.165) is 0 Å². The van der Waals surface area contributed by atoms with Crippen molar-refractivity contribution in [3.8, 4) is 5.75 Å². The third-order valence-electron chi connectivity index (χ3n) is 2.68. The van der Waals surface area contributed by atoms with Crippen molar-refractivity contribution >= 4 is 11.5 Å². The fourth-order valence-electron chi connectivity index (χ4n) is 1.69. The highest BCUT2D eigenvalue weighted by atomic mass is 16.4. The van der Waals surface area contributed by atoms with Crippen LogP contribution in [0.15, 0.2) is 18.3 Å². The Bertz CT molecular complexity index is 577. The zero-order chi connectivity index (χ0) is 12.6. The zero-order valence-corrected chi connectivity index (χ0v) is 9.51. The SMILES string of the molecule is CNC(C)c1nc(C(=O)O)c2cc(O)ccn12. The van der Waals surface area contributed by atoms with E-state index in [1.165, 1.54) is 12.1 Å². The number of hydrogen-bond acceptors (Lipinski definition) is 4.